The molecule has 1 fully saturated rings. The summed E-state index contributed by atoms with van der Waals surface area (Å²) in [5.41, 5.74) is -0.795. The van der Waals surface area contributed by atoms with E-state index in [4.69, 9.17) is 9.84 Å². The number of hydrogen-bond donors (Lipinski definition) is 1. The molecular weight excluding hydrogens is 220 g/mol. The van der Waals surface area contributed by atoms with Gasteiger partial charge in [-0.15, -0.1) is 0 Å². The van der Waals surface area contributed by atoms with Crippen LogP contribution in [0.2, 0.25) is 0 Å². The largest absolute Gasteiger partial charge is 0.481 e. The lowest BCUT2D eigenvalue weighted by Crippen LogP contribution is -2.22. The van der Waals surface area contributed by atoms with Crippen LogP contribution in [0.5, 0.6) is 0 Å². The Morgan fingerprint density at radius 1 is 1.29 bits per heavy atom. The van der Waals surface area contributed by atoms with Crippen LogP contribution in [0.4, 0.5) is 0 Å². The molecule has 0 heterocycles. The van der Waals surface area contributed by atoms with Crippen molar-refractivity contribution in [2.75, 3.05) is 0 Å². The van der Waals surface area contributed by atoms with Gasteiger partial charge in [-0.3, -0.25) is 4.79 Å². The molecule has 0 amide bonds. The Bertz CT molecular complexity index is 360. The molecule has 2 atom stereocenters. The van der Waals surface area contributed by atoms with Crippen molar-refractivity contribution in [3.05, 3.63) is 12.2 Å². The summed E-state index contributed by atoms with van der Waals surface area (Å²) in [4.78, 5) is 22.3. The number of hydrogen-bond acceptors (Lipinski definition) is 3. The van der Waals surface area contributed by atoms with E-state index in [2.05, 4.69) is 0 Å². The fourth-order valence-corrected chi connectivity index (χ4v) is 2.03. The van der Waals surface area contributed by atoms with E-state index in [9.17, 15) is 9.59 Å². The van der Waals surface area contributed by atoms with Crippen LogP contribution >= 0.6 is 0 Å². The summed E-state index contributed by atoms with van der Waals surface area (Å²) in [7, 11) is 0. The van der Waals surface area contributed by atoms with Gasteiger partial charge in [0.1, 0.15) is 5.60 Å². The number of carboxylic acid groups (broad SMARTS) is 1. The lowest BCUT2D eigenvalue weighted by atomic mass is 10.1. The molecule has 2 unspecified atom stereocenters. The van der Waals surface area contributed by atoms with Crippen LogP contribution in [-0.2, 0) is 14.3 Å². The minimum absolute atomic E-state index is 0.0903. The first-order chi connectivity index (χ1) is 7.55. The van der Waals surface area contributed by atoms with Gasteiger partial charge in [-0.25, -0.2) is 4.79 Å². The summed E-state index contributed by atoms with van der Waals surface area (Å²) < 4.78 is 5.11. The summed E-state index contributed by atoms with van der Waals surface area (Å²) in [6.07, 6.45) is 2.98. The molecule has 1 aliphatic rings. The van der Waals surface area contributed by atoms with Gasteiger partial charge in [0.25, 0.3) is 0 Å². The number of rotatable bonds is 3. The van der Waals surface area contributed by atoms with Crippen molar-refractivity contribution in [1.29, 1.82) is 0 Å². The molecular formula is C13H20O4. The fourth-order valence-electron chi connectivity index (χ4n) is 2.03. The van der Waals surface area contributed by atoms with E-state index in [1.807, 2.05) is 13.8 Å². The van der Waals surface area contributed by atoms with Gasteiger partial charge in [-0.05, 0) is 32.1 Å². The van der Waals surface area contributed by atoms with Gasteiger partial charge in [-0.1, -0.05) is 19.9 Å². The van der Waals surface area contributed by atoms with Crippen LogP contribution in [0.3, 0.4) is 0 Å². The van der Waals surface area contributed by atoms with Crippen LogP contribution in [0.1, 0.15) is 34.6 Å². The lowest BCUT2D eigenvalue weighted by molar-refractivity contribution is -0.148. The molecule has 4 heteroatoms. The number of allylic oxidation sites excluding steroid dienone is 1. The standard InChI is InChI=1S/C13H20O4/c1-12(2,3)17-9(14)7-6-8-10(11(15)16)13(8,4)5/h6-8,10H,1-5H3,(H,15,16)/b7-6+. The Morgan fingerprint density at radius 3 is 2.18 bits per heavy atom. The second-order valence-corrected chi connectivity index (χ2v) is 6.06. The monoisotopic (exact) mass is 240 g/mol. The Balaban J connectivity index is 2.57. The van der Waals surface area contributed by atoms with Crippen LogP contribution in [0.25, 0.3) is 0 Å². The predicted octanol–water partition coefficient (Wildman–Crippen LogP) is 2.24. The number of carbonyl (C=O) groups excluding carboxylic acids is 1. The van der Waals surface area contributed by atoms with Crippen molar-refractivity contribution >= 4 is 11.9 Å². The van der Waals surface area contributed by atoms with Crippen LogP contribution in [0.15, 0.2) is 12.2 Å². The van der Waals surface area contributed by atoms with Crippen LogP contribution in [0, 0.1) is 17.3 Å². The summed E-state index contributed by atoms with van der Waals surface area (Å²) in [5, 5.41) is 8.96. The van der Waals surface area contributed by atoms with Crippen molar-refractivity contribution in [3.63, 3.8) is 0 Å². The molecule has 0 aromatic carbocycles. The van der Waals surface area contributed by atoms with Crippen molar-refractivity contribution in [3.8, 4) is 0 Å². The lowest BCUT2D eigenvalue weighted by Gasteiger charge is -2.17. The third kappa shape index (κ3) is 3.32. The van der Waals surface area contributed by atoms with Gasteiger partial charge in [-0.2, -0.15) is 0 Å². The smallest absolute Gasteiger partial charge is 0.330 e. The molecule has 0 spiro atoms. The van der Waals surface area contributed by atoms with Gasteiger partial charge >= 0.3 is 11.9 Å². The van der Waals surface area contributed by atoms with Crippen LogP contribution in [-0.4, -0.2) is 22.6 Å². The zero-order valence-electron chi connectivity index (χ0n) is 11.0. The molecule has 1 saturated carbocycles. The average molecular weight is 240 g/mol. The first-order valence-electron chi connectivity index (χ1n) is 5.69. The number of aliphatic carboxylic acids is 1. The van der Waals surface area contributed by atoms with Gasteiger partial charge < -0.3 is 9.84 Å². The maximum atomic E-state index is 11.4. The van der Waals surface area contributed by atoms with E-state index in [0.29, 0.717) is 0 Å². The number of carboxylic acids is 1. The van der Waals surface area contributed by atoms with Crippen LogP contribution < -0.4 is 0 Å². The molecule has 1 rings (SSSR count). The van der Waals surface area contributed by atoms with Crippen molar-refractivity contribution < 1.29 is 19.4 Å². The molecule has 0 aromatic heterocycles. The normalized spacial score (nSPS) is 26.9. The highest BCUT2D eigenvalue weighted by Gasteiger charge is 2.60. The van der Waals surface area contributed by atoms with Crippen molar-refractivity contribution in [2.24, 2.45) is 17.3 Å². The quantitative estimate of drug-likeness (QED) is 0.607. The maximum Gasteiger partial charge on any atom is 0.330 e. The SMILES string of the molecule is CC(C)(C)OC(=O)/C=C/C1C(C(=O)O)C1(C)C. The van der Waals surface area contributed by atoms with E-state index < -0.39 is 23.5 Å². The minimum Gasteiger partial charge on any atom is -0.481 e. The van der Waals surface area contributed by atoms with E-state index >= 15 is 0 Å². The highest BCUT2D eigenvalue weighted by atomic mass is 16.6. The van der Waals surface area contributed by atoms with Crippen molar-refractivity contribution in [2.45, 2.75) is 40.2 Å². The topological polar surface area (TPSA) is 63.6 Å². The summed E-state index contributed by atoms with van der Waals surface area (Å²) in [6, 6.07) is 0. The first kappa shape index (κ1) is 13.7. The van der Waals surface area contributed by atoms with E-state index in [0.717, 1.165) is 0 Å². The Kier molecular flexibility index (Phi) is 3.37. The highest BCUT2D eigenvalue weighted by molar-refractivity contribution is 5.83. The molecule has 0 radical (unpaired) electrons. The average Bonchev–Trinajstić information content (AvgIpc) is 2.61. The molecule has 0 bridgehead atoms. The Labute approximate surface area is 102 Å². The summed E-state index contributed by atoms with van der Waals surface area (Å²) in [6.45, 7) is 9.14. The Morgan fingerprint density at radius 2 is 1.82 bits per heavy atom. The molecule has 0 saturated heterocycles. The zero-order valence-corrected chi connectivity index (χ0v) is 11.0. The van der Waals surface area contributed by atoms with Gasteiger partial charge in [0, 0.05) is 6.08 Å². The predicted molar refractivity (Wildman–Crippen MR) is 63.4 cm³/mol. The van der Waals surface area contributed by atoms with Gasteiger partial charge in [0.05, 0.1) is 5.92 Å². The zero-order chi connectivity index (χ0) is 13.4. The molecule has 17 heavy (non-hydrogen) atoms. The second-order valence-electron chi connectivity index (χ2n) is 6.06. The third-order valence-corrected chi connectivity index (χ3v) is 3.02. The van der Waals surface area contributed by atoms with Gasteiger partial charge in [0.15, 0.2) is 0 Å². The summed E-state index contributed by atoms with van der Waals surface area (Å²) >= 11 is 0. The fraction of sp³-hybridized carbons (Fsp3) is 0.692. The van der Waals surface area contributed by atoms with E-state index in [1.54, 1.807) is 26.8 Å². The number of carbonyl (C=O) groups is 2. The first-order valence-corrected chi connectivity index (χ1v) is 5.69. The molecule has 4 nitrogen and oxygen atoms in total. The maximum absolute atomic E-state index is 11.4. The number of ether oxygens (including phenoxy) is 1. The summed E-state index contributed by atoms with van der Waals surface area (Å²) in [5.74, 6) is -1.73. The molecule has 96 valence electrons. The molecule has 1 N–H and O–H groups in total. The van der Waals surface area contributed by atoms with Gasteiger partial charge in [0.2, 0.25) is 0 Å². The highest BCUT2D eigenvalue weighted by Crippen LogP contribution is 2.59. The Hall–Kier alpha value is -1.32. The van der Waals surface area contributed by atoms with E-state index in [-0.39, 0.29) is 11.3 Å². The van der Waals surface area contributed by atoms with Crippen molar-refractivity contribution in [1.82, 2.24) is 0 Å². The third-order valence-electron chi connectivity index (χ3n) is 3.02. The minimum atomic E-state index is -0.811. The molecule has 1 aliphatic carbocycles. The van der Waals surface area contributed by atoms with E-state index in [1.165, 1.54) is 6.08 Å². The molecule has 0 aliphatic heterocycles. The number of esters is 1. The molecule has 0 aromatic rings. The second kappa shape index (κ2) is 4.17.